The number of rotatable bonds is 5. The maximum atomic E-state index is 12.0. The van der Waals surface area contributed by atoms with Gasteiger partial charge >= 0.3 is 0 Å². The van der Waals surface area contributed by atoms with E-state index >= 15 is 0 Å². The zero-order valence-electron chi connectivity index (χ0n) is 15.0. The average molecular weight is 444 g/mol. The number of hydrogen-bond acceptors (Lipinski definition) is 5. The number of amides is 1. The fourth-order valence-corrected chi connectivity index (χ4v) is 3.84. The van der Waals surface area contributed by atoms with Crippen LogP contribution in [-0.4, -0.2) is 66.6 Å². The summed E-state index contributed by atoms with van der Waals surface area (Å²) in [6.45, 7) is 6.21. The Labute approximate surface area is 179 Å². The number of halogens is 3. The fourth-order valence-electron chi connectivity index (χ4n) is 2.90. The minimum atomic E-state index is -0.0310. The van der Waals surface area contributed by atoms with Gasteiger partial charge in [0.25, 0.3) is 0 Å². The van der Waals surface area contributed by atoms with E-state index in [0.717, 1.165) is 49.9 Å². The summed E-state index contributed by atoms with van der Waals surface area (Å²) in [5.74, 6) is 1.85. The molecule has 150 valence electrons. The van der Waals surface area contributed by atoms with Crippen LogP contribution in [-0.2, 0) is 17.9 Å². The van der Waals surface area contributed by atoms with Crippen molar-refractivity contribution in [2.24, 2.45) is 0 Å². The Morgan fingerprint density at radius 1 is 1.12 bits per heavy atom. The van der Waals surface area contributed by atoms with Crippen molar-refractivity contribution in [3.05, 3.63) is 35.4 Å². The predicted octanol–water partition coefficient (Wildman–Crippen LogP) is 1.98. The molecular weight excluding hydrogens is 415 g/mol. The molecule has 2 fully saturated rings. The first-order chi connectivity index (χ1) is 11.2. The number of nitrogens with zero attached hydrogens (tertiary/aromatic N) is 2. The number of piperazine rings is 1. The van der Waals surface area contributed by atoms with Crippen LogP contribution in [0.4, 0.5) is 0 Å². The Kier molecular flexibility index (Phi) is 12.9. The van der Waals surface area contributed by atoms with E-state index in [1.54, 1.807) is 11.8 Å². The van der Waals surface area contributed by atoms with Gasteiger partial charge in [-0.2, -0.15) is 0 Å². The van der Waals surface area contributed by atoms with Crippen molar-refractivity contribution in [1.82, 2.24) is 20.4 Å². The lowest BCUT2D eigenvalue weighted by Gasteiger charge is -2.32. The normalized spacial score (nSPS) is 20.4. The van der Waals surface area contributed by atoms with Crippen LogP contribution in [0.25, 0.3) is 0 Å². The highest BCUT2D eigenvalue weighted by Gasteiger charge is 2.21. The first-order valence-corrected chi connectivity index (χ1v) is 9.44. The summed E-state index contributed by atoms with van der Waals surface area (Å²) >= 11 is 1.77. The molecule has 1 amide bonds. The second-order valence-electron chi connectivity index (χ2n) is 6.39. The summed E-state index contributed by atoms with van der Waals surface area (Å²) < 4.78 is 0. The number of benzene rings is 1. The standard InChI is InChI=1S/C17H26N4OS.3ClH/c1-20-6-8-21(9-7-20)11-15-4-2-14(3-5-15)10-18-17(22)16-12-23-13-19-16;;;/h2-5,16,19H,6-13H2,1H3,(H,18,22);3*1H. The van der Waals surface area contributed by atoms with Gasteiger partial charge in [0.1, 0.15) is 0 Å². The molecule has 5 nitrogen and oxygen atoms in total. The van der Waals surface area contributed by atoms with Crippen LogP contribution < -0.4 is 10.6 Å². The van der Waals surface area contributed by atoms with Crippen LogP contribution in [0.15, 0.2) is 24.3 Å². The number of carbonyl (C=O) groups is 1. The van der Waals surface area contributed by atoms with Crippen molar-refractivity contribution in [2.45, 2.75) is 19.1 Å². The van der Waals surface area contributed by atoms with E-state index in [1.807, 2.05) is 0 Å². The Morgan fingerprint density at radius 3 is 2.31 bits per heavy atom. The highest BCUT2D eigenvalue weighted by atomic mass is 35.5. The molecule has 0 bridgehead atoms. The van der Waals surface area contributed by atoms with Crippen LogP contribution in [0, 0.1) is 0 Å². The maximum absolute atomic E-state index is 12.0. The quantitative estimate of drug-likeness (QED) is 0.729. The van der Waals surface area contributed by atoms with Gasteiger partial charge in [0.2, 0.25) is 5.91 Å². The second-order valence-corrected chi connectivity index (χ2v) is 7.42. The van der Waals surface area contributed by atoms with E-state index in [2.05, 4.69) is 51.7 Å². The molecule has 2 saturated heterocycles. The molecule has 2 heterocycles. The summed E-state index contributed by atoms with van der Waals surface area (Å²) in [5, 5.41) is 6.21. The second kappa shape index (κ2) is 13.0. The van der Waals surface area contributed by atoms with Crippen molar-refractivity contribution in [1.29, 1.82) is 0 Å². The molecule has 2 aliphatic rings. The Hall–Kier alpha value is -0.210. The van der Waals surface area contributed by atoms with E-state index in [1.165, 1.54) is 5.56 Å². The van der Waals surface area contributed by atoms with Crippen LogP contribution in [0.1, 0.15) is 11.1 Å². The first-order valence-electron chi connectivity index (χ1n) is 8.28. The molecule has 0 aromatic heterocycles. The van der Waals surface area contributed by atoms with Crippen LogP contribution in [0.3, 0.4) is 0 Å². The first kappa shape index (κ1) is 25.8. The van der Waals surface area contributed by atoms with Gasteiger partial charge < -0.3 is 10.2 Å². The molecule has 0 saturated carbocycles. The molecule has 3 rings (SSSR count). The van der Waals surface area contributed by atoms with Crippen molar-refractivity contribution in [3.8, 4) is 0 Å². The molecule has 2 N–H and O–H groups in total. The van der Waals surface area contributed by atoms with Crippen LogP contribution >= 0.6 is 49.0 Å². The lowest BCUT2D eigenvalue weighted by atomic mass is 10.1. The van der Waals surface area contributed by atoms with E-state index in [9.17, 15) is 4.79 Å². The number of likely N-dealkylation sites (N-methyl/N-ethyl adjacent to an activating group) is 1. The molecule has 0 radical (unpaired) electrons. The monoisotopic (exact) mass is 442 g/mol. The van der Waals surface area contributed by atoms with Crippen molar-refractivity contribution >= 4 is 54.9 Å². The molecule has 1 atom stereocenters. The fraction of sp³-hybridized carbons (Fsp3) is 0.588. The summed E-state index contributed by atoms with van der Waals surface area (Å²) in [6, 6.07) is 8.59. The third-order valence-electron chi connectivity index (χ3n) is 4.52. The molecule has 0 spiro atoms. The number of thioether (sulfide) groups is 1. The third kappa shape index (κ3) is 7.80. The number of nitrogens with one attached hydrogen (secondary N) is 2. The molecule has 26 heavy (non-hydrogen) atoms. The van der Waals surface area contributed by atoms with Gasteiger partial charge in [-0.15, -0.1) is 49.0 Å². The van der Waals surface area contributed by atoms with E-state index in [-0.39, 0.29) is 49.2 Å². The summed E-state index contributed by atoms with van der Waals surface area (Å²) in [7, 11) is 2.18. The molecular formula is C17H29Cl3N4OS. The van der Waals surface area contributed by atoms with Crippen molar-refractivity contribution in [3.63, 3.8) is 0 Å². The van der Waals surface area contributed by atoms with Gasteiger partial charge in [0.15, 0.2) is 0 Å². The molecule has 9 heteroatoms. The number of hydrogen-bond donors (Lipinski definition) is 2. The van der Waals surface area contributed by atoms with Gasteiger partial charge in [-0.25, -0.2) is 0 Å². The lowest BCUT2D eigenvalue weighted by molar-refractivity contribution is -0.122. The predicted molar refractivity (Wildman–Crippen MR) is 117 cm³/mol. The van der Waals surface area contributed by atoms with Crippen LogP contribution in [0.2, 0.25) is 0 Å². The third-order valence-corrected chi connectivity index (χ3v) is 5.46. The minimum absolute atomic E-state index is 0. The van der Waals surface area contributed by atoms with E-state index < -0.39 is 0 Å². The smallest absolute Gasteiger partial charge is 0.238 e. The van der Waals surface area contributed by atoms with Crippen LogP contribution in [0.5, 0.6) is 0 Å². The van der Waals surface area contributed by atoms with E-state index in [4.69, 9.17) is 0 Å². The topological polar surface area (TPSA) is 47.6 Å². The highest BCUT2D eigenvalue weighted by Crippen LogP contribution is 2.11. The van der Waals surface area contributed by atoms with Gasteiger partial charge in [-0.3, -0.25) is 15.0 Å². The maximum Gasteiger partial charge on any atom is 0.238 e. The minimum Gasteiger partial charge on any atom is -0.351 e. The Bertz CT molecular complexity index is 521. The van der Waals surface area contributed by atoms with Crippen molar-refractivity contribution in [2.75, 3.05) is 44.9 Å². The van der Waals surface area contributed by atoms with Crippen molar-refractivity contribution < 1.29 is 4.79 Å². The lowest BCUT2D eigenvalue weighted by Crippen LogP contribution is -2.43. The highest BCUT2D eigenvalue weighted by molar-refractivity contribution is 7.99. The van der Waals surface area contributed by atoms with E-state index in [0.29, 0.717) is 6.54 Å². The SMILES string of the molecule is CN1CCN(Cc2ccc(CNC(=O)C3CSCN3)cc2)CC1.Cl.Cl.Cl. The van der Waals surface area contributed by atoms with Gasteiger partial charge in [-0.1, -0.05) is 24.3 Å². The Balaban J connectivity index is 0.00000208. The zero-order valence-corrected chi connectivity index (χ0v) is 18.2. The summed E-state index contributed by atoms with van der Waals surface area (Å²) in [6.07, 6.45) is 0. The molecule has 0 aliphatic carbocycles. The van der Waals surface area contributed by atoms with Gasteiger partial charge in [0, 0.05) is 50.9 Å². The summed E-state index contributed by atoms with van der Waals surface area (Å²) in [5.41, 5.74) is 2.50. The molecule has 2 aliphatic heterocycles. The molecule has 1 unspecified atom stereocenters. The number of carbonyl (C=O) groups excluding carboxylic acids is 1. The average Bonchev–Trinajstić information content (AvgIpc) is 3.11. The molecule has 1 aromatic carbocycles. The van der Waals surface area contributed by atoms with Gasteiger partial charge in [0.05, 0.1) is 6.04 Å². The zero-order chi connectivity index (χ0) is 16.1. The largest absolute Gasteiger partial charge is 0.351 e. The van der Waals surface area contributed by atoms with Gasteiger partial charge in [-0.05, 0) is 18.2 Å². The summed E-state index contributed by atoms with van der Waals surface area (Å²) in [4.78, 5) is 16.9. The molecule has 1 aromatic rings. The Morgan fingerprint density at radius 2 is 1.73 bits per heavy atom.